The Balaban J connectivity index is 2.13. The Morgan fingerprint density at radius 2 is 1.59 bits per heavy atom. The second-order valence-electron chi connectivity index (χ2n) is 6.04. The molecule has 0 N–H and O–H groups in total. The molecule has 0 saturated carbocycles. The number of sulfone groups is 1. The Labute approximate surface area is 162 Å². The lowest BCUT2D eigenvalue weighted by Crippen LogP contribution is -2.17. The fourth-order valence-electron chi connectivity index (χ4n) is 2.81. The van der Waals surface area contributed by atoms with Gasteiger partial charge in [-0.05, 0) is 47.0 Å². The summed E-state index contributed by atoms with van der Waals surface area (Å²) in [5.41, 5.74) is 0.753. The normalized spacial score (nSPS) is 12.1. The van der Waals surface area contributed by atoms with Crippen molar-refractivity contribution in [3.63, 3.8) is 0 Å². The van der Waals surface area contributed by atoms with Crippen molar-refractivity contribution in [2.45, 2.75) is 11.3 Å². The zero-order valence-electron chi connectivity index (χ0n) is 14.7. The van der Waals surface area contributed by atoms with Crippen molar-refractivity contribution in [2.75, 3.05) is 6.26 Å². The molecule has 0 unspecified atom stereocenters. The van der Waals surface area contributed by atoms with E-state index in [1.54, 1.807) is 0 Å². The number of benzene rings is 2. The van der Waals surface area contributed by atoms with Crippen LogP contribution in [-0.2, 0) is 9.84 Å². The van der Waals surface area contributed by atoms with Crippen molar-refractivity contribution in [3.8, 4) is 28.0 Å². The molecule has 0 aliphatic rings. The maximum absolute atomic E-state index is 14.3. The third kappa shape index (κ3) is 4.70. The van der Waals surface area contributed by atoms with Gasteiger partial charge in [-0.25, -0.2) is 17.2 Å². The van der Waals surface area contributed by atoms with Crippen LogP contribution >= 0.6 is 0 Å². The van der Waals surface area contributed by atoms with E-state index in [1.165, 1.54) is 30.6 Å². The molecule has 0 amide bonds. The number of hydrogen-bond acceptors (Lipinski definition) is 4. The van der Waals surface area contributed by atoms with Crippen LogP contribution in [0.4, 0.5) is 22.0 Å². The molecule has 3 rings (SSSR count). The summed E-state index contributed by atoms with van der Waals surface area (Å²) in [6.45, 7) is 0. The molecule has 0 atom stereocenters. The first-order valence-corrected chi connectivity index (χ1v) is 9.84. The van der Waals surface area contributed by atoms with Crippen LogP contribution in [0, 0.1) is 11.6 Å². The van der Waals surface area contributed by atoms with Crippen LogP contribution < -0.4 is 4.74 Å². The quantitative estimate of drug-likeness (QED) is 0.548. The predicted molar refractivity (Wildman–Crippen MR) is 94.8 cm³/mol. The summed E-state index contributed by atoms with van der Waals surface area (Å²) in [7, 11) is -4.14. The Kier molecular flexibility index (Phi) is 5.31. The average Bonchev–Trinajstić information content (AvgIpc) is 2.58. The van der Waals surface area contributed by atoms with Crippen molar-refractivity contribution in [1.82, 2.24) is 4.98 Å². The van der Waals surface area contributed by atoms with Gasteiger partial charge in [-0.2, -0.15) is 0 Å². The van der Waals surface area contributed by atoms with Gasteiger partial charge in [-0.15, -0.1) is 13.2 Å². The molecule has 0 aliphatic heterocycles. The summed E-state index contributed by atoms with van der Waals surface area (Å²) < 4.78 is 93.0. The van der Waals surface area contributed by atoms with E-state index in [0.29, 0.717) is 11.8 Å². The molecule has 29 heavy (non-hydrogen) atoms. The monoisotopic (exact) mass is 429 g/mol. The SMILES string of the molecule is CS(=O)(=O)c1c(F)cc(-c2cnccc2-c2cccc(OC(F)(F)F)c2)cc1F. The van der Waals surface area contributed by atoms with Gasteiger partial charge < -0.3 is 4.74 Å². The number of ether oxygens (including phenoxy) is 1. The third-order valence-corrected chi connectivity index (χ3v) is 5.01. The summed E-state index contributed by atoms with van der Waals surface area (Å²) in [6.07, 6.45) is -1.59. The number of pyridine rings is 1. The average molecular weight is 429 g/mol. The highest BCUT2D eigenvalue weighted by atomic mass is 32.2. The summed E-state index contributed by atoms with van der Waals surface area (Å²) >= 11 is 0. The third-order valence-electron chi connectivity index (χ3n) is 3.88. The van der Waals surface area contributed by atoms with Gasteiger partial charge in [0.2, 0.25) is 0 Å². The van der Waals surface area contributed by atoms with E-state index in [1.807, 2.05) is 0 Å². The summed E-state index contributed by atoms with van der Waals surface area (Å²) in [4.78, 5) is 2.82. The predicted octanol–water partition coefficient (Wildman–Crippen LogP) is 5.00. The van der Waals surface area contributed by atoms with Gasteiger partial charge in [-0.1, -0.05) is 12.1 Å². The fraction of sp³-hybridized carbons (Fsp3) is 0.105. The molecule has 2 aromatic carbocycles. The highest BCUT2D eigenvalue weighted by Gasteiger charge is 2.31. The smallest absolute Gasteiger partial charge is 0.406 e. The van der Waals surface area contributed by atoms with E-state index >= 15 is 0 Å². The van der Waals surface area contributed by atoms with Crippen molar-refractivity contribution < 1.29 is 35.1 Å². The van der Waals surface area contributed by atoms with Crippen LogP contribution in [-0.4, -0.2) is 26.0 Å². The zero-order valence-corrected chi connectivity index (χ0v) is 15.5. The molecule has 0 bridgehead atoms. The molecule has 0 fully saturated rings. The summed E-state index contributed by atoms with van der Waals surface area (Å²) in [5, 5.41) is 0. The lowest BCUT2D eigenvalue weighted by atomic mass is 9.96. The number of halogens is 5. The van der Waals surface area contributed by atoms with Crippen LogP contribution in [0.2, 0.25) is 0 Å². The van der Waals surface area contributed by atoms with Crippen LogP contribution in [0.15, 0.2) is 59.8 Å². The van der Waals surface area contributed by atoms with Gasteiger partial charge in [0.15, 0.2) is 9.84 Å². The van der Waals surface area contributed by atoms with Gasteiger partial charge in [0.1, 0.15) is 22.3 Å². The first-order valence-electron chi connectivity index (χ1n) is 7.95. The Hall–Kier alpha value is -3.01. The van der Waals surface area contributed by atoms with Crippen LogP contribution in [0.5, 0.6) is 5.75 Å². The Bertz CT molecular complexity index is 1150. The van der Waals surface area contributed by atoms with Crippen molar-refractivity contribution in [3.05, 3.63) is 66.5 Å². The topological polar surface area (TPSA) is 56.3 Å². The Morgan fingerprint density at radius 3 is 2.17 bits per heavy atom. The van der Waals surface area contributed by atoms with E-state index in [-0.39, 0.29) is 16.7 Å². The lowest BCUT2D eigenvalue weighted by molar-refractivity contribution is -0.274. The van der Waals surface area contributed by atoms with Gasteiger partial charge in [-0.3, -0.25) is 4.98 Å². The minimum Gasteiger partial charge on any atom is -0.406 e. The van der Waals surface area contributed by atoms with Gasteiger partial charge in [0, 0.05) is 24.2 Å². The highest BCUT2D eigenvalue weighted by Crippen LogP contribution is 2.35. The molecular weight excluding hydrogens is 417 g/mol. The molecule has 0 aliphatic carbocycles. The van der Waals surface area contributed by atoms with Gasteiger partial charge >= 0.3 is 6.36 Å². The molecule has 152 valence electrons. The van der Waals surface area contributed by atoms with Crippen LogP contribution in [0.3, 0.4) is 0 Å². The number of hydrogen-bond donors (Lipinski definition) is 0. The molecule has 0 radical (unpaired) electrons. The first-order chi connectivity index (χ1) is 13.5. The second-order valence-corrected chi connectivity index (χ2v) is 7.99. The fourth-order valence-corrected chi connectivity index (χ4v) is 3.63. The van der Waals surface area contributed by atoms with Crippen LogP contribution in [0.1, 0.15) is 0 Å². The lowest BCUT2D eigenvalue weighted by Gasteiger charge is -2.13. The molecule has 0 spiro atoms. The van der Waals surface area contributed by atoms with Crippen molar-refractivity contribution in [1.29, 1.82) is 0 Å². The van der Waals surface area contributed by atoms with Crippen molar-refractivity contribution in [2.24, 2.45) is 0 Å². The number of aromatic nitrogens is 1. The summed E-state index contributed by atoms with van der Waals surface area (Å²) in [5.74, 6) is -3.04. The minimum absolute atomic E-state index is 0.0300. The van der Waals surface area contributed by atoms with Crippen molar-refractivity contribution >= 4 is 9.84 Å². The maximum Gasteiger partial charge on any atom is 0.573 e. The van der Waals surface area contributed by atoms with E-state index in [2.05, 4.69) is 9.72 Å². The maximum atomic E-state index is 14.3. The second kappa shape index (κ2) is 7.43. The minimum atomic E-state index is -4.88. The largest absolute Gasteiger partial charge is 0.573 e. The molecule has 4 nitrogen and oxygen atoms in total. The highest BCUT2D eigenvalue weighted by molar-refractivity contribution is 7.90. The molecule has 0 saturated heterocycles. The first kappa shape index (κ1) is 20.7. The number of nitrogens with zero attached hydrogens (tertiary/aromatic N) is 1. The van der Waals surface area contributed by atoms with Gasteiger partial charge in [0.05, 0.1) is 0 Å². The number of alkyl halides is 3. The molecule has 1 aromatic heterocycles. The molecule has 1 heterocycles. The standard InChI is InChI=1S/C19H12F5NO3S/c1-29(26,27)18-16(20)8-12(9-17(18)21)15-10-25-6-5-14(15)11-3-2-4-13(7-11)28-19(22,23)24/h2-10H,1H3. The van der Waals surface area contributed by atoms with E-state index in [9.17, 15) is 30.4 Å². The van der Waals surface area contributed by atoms with E-state index in [0.717, 1.165) is 24.3 Å². The molecular formula is C19H12F5NO3S. The van der Waals surface area contributed by atoms with Crippen LogP contribution in [0.25, 0.3) is 22.3 Å². The zero-order chi connectivity index (χ0) is 21.4. The Morgan fingerprint density at radius 1 is 0.931 bits per heavy atom. The molecule has 10 heteroatoms. The summed E-state index contributed by atoms with van der Waals surface area (Å²) in [6, 6.07) is 8.14. The van der Waals surface area contributed by atoms with E-state index < -0.39 is 38.5 Å². The van der Waals surface area contributed by atoms with E-state index in [4.69, 9.17) is 0 Å². The number of rotatable bonds is 4. The molecule has 3 aromatic rings. The van der Waals surface area contributed by atoms with Gasteiger partial charge in [0.25, 0.3) is 0 Å².